The Labute approximate surface area is 91.5 Å². The van der Waals surface area contributed by atoms with E-state index in [1.54, 1.807) is 12.3 Å². The maximum atomic E-state index is 5.99. The predicted octanol–water partition coefficient (Wildman–Crippen LogP) is 3.73. The number of aromatic nitrogens is 1. The number of halogens is 2. The van der Waals surface area contributed by atoms with Crippen LogP contribution in [0.5, 0.6) is 0 Å². The summed E-state index contributed by atoms with van der Waals surface area (Å²) in [5, 5.41) is 0.643. The molecule has 0 bridgehead atoms. The number of hydrogen-bond acceptors (Lipinski definition) is 2. The molecular weight excluding hydrogens is 221 g/mol. The van der Waals surface area contributed by atoms with Crippen molar-refractivity contribution in [3.8, 4) is 11.3 Å². The summed E-state index contributed by atoms with van der Waals surface area (Å²) < 4.78 is 5.37. The van der Waals surface area contributed by atoms with Crippen LogP contribution in [0.4, 0.5) is 0 Å². The zero-order valence-corrected chi connectivity index (χ0v) is 8.72. The Morgan fingerprint density at radius 2 is 2.07 bits per heavy atom. The van der Waals surface area contributed by atoms with Crippen molar-refractivity contribution < 1.29 is 4.42 Å². The molecule has 1 aromatic carbocycles. The van der Waals surface area contributed by atoms with Crippen molar-refractivity contribution in [3.05, 3.63) is 41.4 Å². The van der Waals surface area contributed by atoms with E-state index in [0.29, 0.717) is 16.7 Å². The van der Waals surface area contributed by atoms with Crippen molar-refractivity contribution in [2.45, 2.75) is 5.88 Å². The van der Waals surface area contributed by atoms with Gasteiger partial charge < -0.3 is 4.42 Å². The SMILES string of the molecule is ClCc1ncc(-c2ccccc2Cl)o1. The highest BCUT2D eigenvalue weighted by atomic mass is 35.5. The van der Waals surface area contributed by atoms with E-state index in [-0.39, 0.29) is 5.88 Å². The Bertz CT molecular complexity index is 439. The van der Waals surface area contributed by atoms with Crippen molar-refractivity contribution in [1.82, 2.24) is 4.98 Å². The van der Waals surface area contributed by atoms with Crippen molar-refractivity contribution in [2.75, 3.05) is 0 Å². The average molecular weight is 228 g/mol. The zero-order valence-electron chi connectivity index (χ0n) is 7.21. The fourth-order valence-electron chi connectivity index (χ4n) is 1.16. The molecule has 1 heterocycles. The second-order valence-electron chi connectivity index (χ2n) is 2.73. The third-order valence-electron chi connectivity index (χ3n) is 1.81. The van der Waals surface area contributed by atoms with E-state index < -0.39 is 0 Å². The van der Waals surface area contributed by atoms with Crippen molar-refractivity contribution in [2.24, 2.45) is 0 Å². The first-order valence-electron chi connectivity index (χ1n) is 4.07. The summed E-state index contributed by atoms with van der Waals surface area (Å²) in [7, 11) is 0. The summed E-state index contributed by atoms with van der Waals surface area (Å²) in [5.41, 5.74) is 0.832. The van der Waals surface area contributed by atoms with Gasteiger partial charge in [0, 0.05) is 5.56 Å². The van der Waals surface area contributed by atoms with Gasteiger partial charge in [-0.1, -0.05) is 23.7 Å². The monoisotopic (exact) mass is 227 g/mol. The molecule has 2 rings (SSSR count). The van der Waals surface area contributed by atoms with Gasteiger partial charge in [0.2, 0.25) is 5.89 Å². The molecule has 0 saturated carbocycles. The van der Waals surface area contributed by atoms with Crippen LogP contribution in [0.15, 0.2) is 34.9 Å². The predicted molar refractivity (Wildman–Crippen MR) is 56.5 cm³/mol. The first-order valence-corrected chi connectivity index (χ1v) is 4.98. The number of hydrogen-bond donors (Lipinski definition) is 0. The Morgan fingerprint density at radius 3 is 2.71 bits per heavy atom. The maximum absolute atomic E-state index is 5.99. The number of rotatable bonds is 2. The molecule has 72 valence electrons. The molecular formula is C10H7Cl2NO. The maximum Gasteiger partial charge on any atom is 0.209 e. The van der Waals surface area contributed by atoms with Crippen LogP contribution in [-0.4, -0.2) is 4.98 Å². The number of benzene rings is 1. The highest BCUT2D eigenvalue weighted by Gasteiger charge is 2.07. The Kier molecular flexibility index (Phi) is 2.75. The largest absolute Gasteiger partial charge is 0.439 e. The summed E-state index contributed by atoms with van der Waals surface area (Å²) in [6.45, 7) is 0. The molecule has 0 aliphatic rings. The minimum absolute atomic E-state index is 0.268. The molecule has 0 unspecified atom stereocenters. The third kappa shape index (κ3) is 1.76. The molecule has 0 fully saturated rings. The van der Waals surface area contributed by atoms with Gasteiger partial charge in [0.1, 0.15) is 0 Å². The molecule has 0 saturated heterocycles. The minimum Gasteiger partial charge on any atom is -0.439 e. The second-order valence-corrected chi connectivity index (χ2v) is 3.41. The molecule has 2 nitrogen and oxygen atoms in total. The van der Waals surface area contributed by atoms with Gasteiger partial charge in [-0.05, 0) is 12.1 Å². The van der Waals surface area contributed by atoms with Crippen molar-refractivity contribution >= 4 is 23.2 Å². The number of nitrogens with zero attached hydrogens (tertiary/aromatic N) is 1. The standard InChI is InChI=1S/C10H7Cl2NO/c11-5-10-13-6-9(14-10)7-3-1-2-4-8(7)12/h1-4,6H,5H2. The molecule has 0 aliphatic heterocycles. The molecule has 2 aromatic rings. The molecule has 14 heavy (non-hydrogen) atoms. The lowest BCUT2D eigenvalue weighted by Gasteiger charge is -1.97. The Balaban J connectivity index is 2.44. The van der Waals surface area contributed by atoms with Crippen LogP contribution in [0, 0.1) is 0 Å². The van der Waals surface area contributed by atoms with Gasteiger partial charge in [0.05, 0.1) is 17.1 Å². The van der Waals surface area contributed by atoms with E-state index in [0.717, 1.165) is 5.56 Å². The van der Waals surface area contributed by atoms with E-state index in [1.165, 1.54) is 0 Å². The van der Waals surface area contributed by atoms with E-state index in [2.05, 4.69) is 4.98 Å². The number of oxazole rings is 1. The fraction of sp³-hybridized carbons (Fsp3) is 0.100. The summed E-state index contributed by atoms with van der Waals surface area (Å²) in [5.74, 6) is 1.41. The summed E-state index contributed by atoms with van der Waals surface area (Å²) in [6, 6.07) is 7.44. The van der Waals surface area contributed by atoms with Crippen LogP contribution in [0.3, 0.4) is 0 Å². The molecule has 0 radical (unpaired) electrons. The quantitative estimate of drug-likeness (QED) is 0.732. The molecule has 4 heteroatoms. The molecule has 0 amide bonds. The van der Waals surface area contributed by atoms with Gasteiger partial charge in [-0.15, -0.1) is 11.6 Å². The smallest absolute Gasteiger partial charge is 0.209 e. The Hall–Kier alpha value is -0.990. The van der Waals surface area contributed by atoms with Gasteiger partial charge in [0.15, 0.2) is 5.76 Å². The number of alkyl halides is 1. The Morgan fingerprint density at radius 1 is 1.29 bits per heavy atom. The normalized spacial score (nSPS) is 10.4. The summed E-state index contributed by atoms with van der Waals surface area (Å²) >= 11 is 11.6. The van der Waals surface area contributed by atoms with Gasteiger partial charge in [-0.2, -0.15) is 0 Å². The highest BCUT2D eigenvalue weighted by molar-refractivity contribution is 6.33. The summed E-state index contributed by atoms with van der Waals surface area (Å²) in [6.07, 6.45) is 1.62. The third-order valence-corrected chi connectivity index (χ3v) is 2.37. The van der Waals surface area contributed by atoms with Gasteiger partial charge in [-0.25, -0.2) is 4.98 Å². The van der Waals surface area contributed by atoms with Crippen LogP contribution in [0.2, 0.25) is 5.02 Å². The summed E-state index contributed by atoms with van der Waals surface area (Å²) in [4.78, 5) is 3.99. The second kappa shape index (κ2) is 4.03. The molecule has 0 aliphatic carbocycles. The zero-order chi connectivity index (χ0) is 9.97. The highest BCUT2D eigenvalue weighted by Crippen LogP contribution is 2.28. The van der Waals surface area contributed by atoms with Crippen LogP contribution in [0.1, 0.15) is 5.89 Å². The van der Waals surface area contributed by atoms with E-state index in [1.807, 2.05) is 18.2 Å². The lowest BCUT2D eigenvalue weighted by molar-refractivity contribution is 0.529. The van der Waals surface area contributed by atoms with Gasteiger partial charge >= 0.3 is 0 Å². The topological polar surface area (TPSA) is 26.0 Å². The van der Waals surface area contributed by atoms with E-state index >= 15 is 0 Å². The van der Waals surface area contributed by atoms with Gasteiger partial charge in [-0.3, -0.25) is 0 Å². The van der Waals surface area contributed by atoms with Crippen molar-refractivity contribution in [1.29, 1.82) is 0 Å². The van der Waals surface area contributed by atoms with Crippen molar-refractivity contribution in [3.63, 3.8) is 0 Å². The van der Waals surface area contributed by atoms with Crippen LogP contribution in [-0.2, 0) is 5.88 Å². The van der Waals surface area contributed by atoms with Crippen LogP contribution >= 0.6 is 23.2 Å². The van der Waals surface area contributed by atoms with E-state index in [4.69, 9.17) is 27.6 Å². The molecule has 0 spiro atoms. The first kappa shape index (κ1) is 9.56. The van der Waals surface area contributed by atoms with Gasteiger partial charge in [0.25, 0.3) is 0 Å². The fourth-order valence-corrected chi connectivity index (χ4v) is 1.51. The van der Waals surface area contributed by atoms with Crippen LogP contribution in [0.25, 0.3) is 11.3 Å². The van der Waals surface area contributed by atoms with Crippen LogP contribution < -0.4 is 0 Å². The molecule has 0 atom stereocenters. The molecule has 0 N–H and O–H groups in total. The average Bonchev–Trinajstić information content (AvgIpc) is 2.67. The van der Waals surface area contributed by atoms with E-state index in [9.17, 15) is 0 Å². The lowest BCUT2D eigenvalue weighted by atomic mass is 10.2. The minimum atomic E-state index is 0.268. The molecule has 1 aromatic heterocycles. The first-order chi connectivity index (χ1) is 6.81. The lowest BCUT2D eigenvalue weighted by Crippen LogP contribution is -1.74.